The SMILES string of the molecule is O=C(O)c1cccc(C(=O)n2nc(C3CCNC3C(=O)O)c(F)c2SCc2ccc(F)cc2)c1Cl. The summed E-state index contributed by atoms with van der Waals surface area (Å²) in [7, 11) is 0. The van der Waals surface area contributed by atoms with Crippen LogP contribution in [0.2, 0.25) is 5.02 Å². The minimum absolute atomic E-state index is 0.157. The number of halogens is 3. The smallest absolute Gasteiger partial charge is 0.337 e. The van der Waals surface area contributed by atoms with Gasteiger partial charge >= 0.3 is 11.9 Å². The van der Waals surface area contributed by atoms with E-state index >= 15 is 4.39 Å². The Morgan fingerprint density at radius 3 is 2.46 bits per heavy atom. The number of carbonyl (C=O) groups excluding carboxylic acids is 1. The molecule has 1 aliphatic heterocycles. The third-order valence-electron chi connectivity index (χ3n) is 5.59. The molecular weight excluding hydrogens is 504 g/mol. The van der Waals surface area contributed by atoms with Crippen LogP contribution in [0.25, 0.3) is 0 Å². The molecule has 1 fully saturated rings. The number of aromatic carboxylic acids is 1. The van der Waals surface area contributed by atoms with Gasteiger partial charge in [-0.1, -0.05) is 41.6 Å². The van der Waals surface area contributed by atoms with E-state index in [1.54, 1.807) is 0 Å². The van der Waals surface area contributed by atoms with Crippen molar-refractivity contribution in [2.24, 2.45) is 0 Å². The first-order valence-electron chi connectivity index (χ1n) is 10.4. The van der Waals surface area contributed by atoms with E-state index in [0.29, 0.717) is 12.1 Å². The quantitative estimate of drug-likeness (QED) is 0.399. The lowest BCUT2D eigenvalue weighted by Gasteiger charge is -2.12. The average molecular weight is 522 g/mol. The van der Waals surface area contributed by atoms with E-state index in [2.05, 4.69) is 10.4 Å². The van der Waals surface area contributed by atoms with Crippen molar-refractivity contribution in [2.45, 2.75) is 29.2 Å². The molecule has 0 amide bonds. The summed E-state index contributed by atoms with van der Waals surface area (Å²) in [4.78, 5) is 36.5. The van der Waals surface area contributed by atoms with Crippen molar-refractivity contribution in [3.8, 4) is 0 Å². The van der Waals surface area contributed by atoms with Crippen molar-refractivity contribution in [3.63, 3.8) is 0 Å². The second-order valence-electron chi connectivity index (χ2n) is 7.77. The van der Waals surface area contributed by atoms with Gasteiger partial charge in [0.2, 0.25) is 0 Å². The van der Waals surface area contributed by atoms with Crippen molar-refractivity contribution in [1.29, 1.82) is 0 Å². The Morgan fingerprint density at radius 2 is 1.80 bits per heavy atom. The number of nitrogens with zero attached hydrogens (tertiary/aromatic N) is 2. The van der Waals surface area contributed by atoms with Crippen molar-refractivity contribution in [2.75, 3.05) is 6.54 Å². The summed E-state index contributed by atoms with van der Waals surface area (Å²) in [6.07, 6.45) is 0.288. The second-order valence-corrected chi connectivity index (χ2v) is 9.12. The Hall–Kier alpha value is -3.28. The third kappa shape index (κ3) is 4.93. The van der Waals surface area contributed by atoms with Gasteiger partial charge in [-0.15, -0.1) is 0 Å². The largest absolute Gasteiger partial charge is 0.480 e. The lowest BCUT2D eigenvalue weighted by molar-refractivity contribution is -0.139. The molecule has 3 aromatic rings. The summed E-state index contributed by atoms with van der Waals surface area (Å²) < 4.78 is 29.7. The molecule has 35 heavy (non-hydrogen) atoms. The maximum atomic E-state index is 15.7. The Balaban J connectivity index is 1.78. The van der Waals surface area contributed by atoms with Crippen LogP contribution in [0.4, 0.5) is 8.78 Å². The first-order chi connectivity index (χ1) is 16.7. The number of carboxylic acid groups (broad SMARTS) is 2. The van der Waals surface area contributed by atoms with E-state index in [0.717, 1.165) is 16.4 Å². The fourth-order valence-corrected chi connectivity index (χ4v) is 5.13. The van der Waals surface area contributed by atoms with Gasteiger partial charge in [-0.3, -0.25) is 9.59 Å². The van der Waals surface area contributed by atoms with Crippen LogP contribution in [0.15, 0.2) is 47.5 Å². The molecule has 4 rings (SSSR count). The number of aromatic nitrogens is 2. The lowest BCUT2D eigenvalue weighted by Crippen LogP contribution is -2.34. The first kappa shape index (κ1) is 24.8. The molecule has 182 valence electrons. The maximum Gasteiger partial charge on any atom is 0.337 e. The molecule has 1 saturated heterocycles. The van der Waals surface area contributed by atoms with E-state index in [9.17, 15) is 29.0 Å². The number of hydrogen-bond acceptors (Lipinski definition) is 6. The zero-order chi connectivity index (χ0) is 25.3. The molecule has 1 aliphatic rings. The van der Waals surface area contributed by atoms with Crippen molar-refractivity contribution < 1.29 is 33.4 Å². The molecule has 1 aromatic heterocycles. The molecule has 0 radical (unpaired) electrons. The van der Waals surface area contributed by atoms with Gasteiger partial charge in [-0.25, -0.2) is 13.6 Å². The molecule has 2 heterocycles. The minimum atomic E-state index is -1.34. The molecule has 0 saturated carbocycles. The zero-order valence-electron chi connectivity index (χ0n) is 17.9. The lowest BCUT2D eigenvalue weighted by atomic mass is 9.97. The number of carbonyl (C=O) groups is 3. The van der Waals surface area contributed by atoms with Crippen LogP contribution < -0.4 is 5.32 Å². The van der Waals surface area contributed by atoms with E-state index in [4.69, 9.17) is 11.6 Å². The minimum Gasteiger partial charge on any atom is -0.480 e. The number of hydrogen-bond donors (Lipinski definition) is 3. The Labute approximate surface area is 206 Å². The van der Waals surface area contributed by atoms with Gasteiger partial charge in [0.15, 0.2) is 5.82 Å². The van der Waals surface area contributed by atoms with Gasteiger partial charge in [-0.05, 0) is 42.8 Å². The number of nitrogens with one attached hydrogen (secondary N) is 1. The normalized spacial score (nSPS) is 17.5. The highest BCUT2D eigenvalue weighted by atomic mass is 35.5. The van der Waals surface area contributed by atoms with E-state index in [1.165, 1.54) is 42.5 Å². The molecular formula is C23H18ClF2N3O5S. The highest BCUT2D eigenvalue weighted by Gasteiger charge is 2.39. The topological polar surface area (TPSA) is 122 Å². The van der Waals surface area contributed by atoms with Crippen LogP contribution in [0.5, 0.6) is 0 Å². The molecule has 2 atom stereocenters. The number of thioether (sulfide) groups is 1. The molecule has 2 aromatic carbocycles. The molecule has 0 aliphatic carbocycles. The Bertz CT molecular complexity index is 1320. The van der Waals surface area contributed by atoms with Crippen LogP contribution in [-0.4, -0.2) is 50.4 Å². The fourth-order valence-electron chi connectivity index (χ4n) is 3.86. The van der Waals surface area contributed by atoms with Gasteiger partial charge in [0.1, 0.15) is 22.6 Å². The molecule has 2 unspecified atom stereocenters. The average Bonchev–Trinajstić information content (AvgIpc) is 3.43. The van der Waals surface area contributed by atoms with E-state index in [1.807, 2.05) is 0 Å². The highest BCUT2D eigenvalue weighted by Crippen LogP contribution is 2.36. The van der Waals surface area contributed by atoms with Crippen molar-refractivity contribution in [3.05, 3.63) is 81.5 Å². The second kappa shape index (κ2) is 10.1. The molecule has 0 spiro atoms. The number of rotatable bonds is 7. The third-order valence-corrected chi connectivity index (χ3v) is 7.10. The van der Waals surface area contributed by atoms with Gasteiger partial charge in [-0.2, -0.15) is 9.78 Å². The van der Waals surface area contributed by atoms with Crippen LogP contribution in [0, 0.1) is 11.6 Å². The summed E-state index contributed by atoms with van der Waals surface area (Å²) in [5.41, 5.74) is -0.0577. The highest BCUT2D eigenvalue weighted by molar-refractivity contribution is 7.98. The van der Waals surface area contributed by atoms with Gasteiger partial charge in [0.25, 0.3) is 5.91 Å². The first-order valence-corrected chi connectivity index (χ1v) is 11.7. The van der Waals surface area contributed by atoms with Crippen molar-refractivity contribution in [1.82, 2.24) is 15.1 Å². The Morgan fingerprint density at radius 1 is 1.11 bits per heavy atom. The maximum absolute atomic E-state index is 15.7. The fraction of sp³-hybridized carbons (Fsp3) is 0.217. The zero-order valence-corrected chi connectivity index (χ0v) is 19.4. The summed E-state index contributed by atoms with van der Waals surface area (Å²) in [5, 5.41) is 25.2. The van der Waals surface area contributed by atoms with Crippen LogP contribution in [0.1, 0.15) is 44.3 Å². The monoisotopic (exact) mass is 521 g/mol. The summed E-state index contributed by atoms with van der Waals surface area (Å²) in [6.45, 7) is 0.326. The van der Waals surface area contributed by atoms with Gasteiger partial charge < -0.3 is 15.5 Å². The van der Waals surface area contributed by atoms with Crippen LogP contribution in [-0.2, 0) is 10.5 Å². The van der Waals surface area contributed by atoms with Gasteiger partial charge in [0, 0.05) is 11.7 Å². The number of carboxylic acids is 2. The number of benzene rings is 2. The van der Waals surface area contributed by atoms with Crippen LogP contribution in [0.3, 0.4) is 0 Å². The number of aliphatic carboxylic acids is 1. The predicted octanol–water partition coefficient (Wildman–Crippen LogP) is 4.02. The van der Waals surface area contributed by atoms with Crippen LogP contribution >= 0.6 is 23.4 Å². The summed E-state index contributed by atoms with van der Waals surface area (Å²) in [6, 6.07) is 8.28. The molecule has 3 N–H and O–H groups in total. The molecule has 0 bridgehead atoms. The predicted molar refractivity (Wildman–Crippen MR) is 123 cm³/mol. The molecule has 12 heteroatoms. The summed E-state index contributed by atoms with van der Waals surface area (Å²) >= 11 is 7.08. The summed E-state index contributed by atoms with van der Waals surface area (Å²) in [5.74, 6) is -5.35. The Kier molecular flexibility index (Phi) is 7.20. The standard InChI is InChI=1S/C23H18ClF2N3O5S/c24-16-13(2-1-3-14(16)22(31)32)20(30)29-21(35-10-11-4-6-12(25)7-5-11)17(26)18(28-29)15-8-9-27-19(15)23(33)34/h1-7,15,19,27H,8-10H2,(H,31,32)(H,33,34). The van der Waals surface area contributed by atoms with E-state index in [-0.39, 0.29) is 39.0 Å². The molecule has 8 nitrogen and oxygen atoms in total. The van der Waals surface area contributed by atoms with Crippen molar-refractivity contribution >= 4 is 41.2 Å². The van der Waals surface area contributed by atoms with Gasteiger partial charge in [0.05, 0.1) is 16.1 Å². The van der Waals surface area contributed by atoms with E-state index < -0.39 is 41.4 Å².